The average molecular weight is 290 g/mol. The third-order valence-electron chi connectivity index (χ3n) is 1.80. The molecule has 1 aromatic carbocycles. The van der Waals surface area contributed by atoms with E-state index in [0.717, 1.165) is 4.47 Å². The molecule has 0 fully saturated rings. The zero-order valence-electron chi connectivity index (χ0n) is 7.70. The highest BCUT2D eigenvalue weighted by Crippen LogP contribution is 2.31. The van der Waals surface area contributed by atoms with E-state index in [9.17, 15) is 0 Å². The van der Waals surface area contributed by atoms with E-state index in [2.05, 4.69) is 26.1 Å². The molecule has 2 aromatic rings. The molecule has 0 bridgehead atoms. The van der Waals surface area contributed by atoms with Crippen LogP contribution in [0.4, 0.5) is 0 Å². The first kappa shape index (κ1) is 10.4. The third-order valence-corrected chi connectivity index (χ3v) is 2.44. The SMILES string of the molecule is COc1cc(Br)ccc1-c1nc(Cl)no1. The fraction of sp³-hybridized carbons (Fsp3) is 0.111. The standard InChI is InChI=1S/C9H6BrClN2O2/c1-14-7-4-5(10)2-3-6(7)8-12-9(11)13-15-8/h2-4H,1H3. The van der Waals surface area contributed by atoms with Crippen LogP contribution in [0.5, 0.6) is 5.75 Å². The Bertz CT molecular complexity index is 487. The van der Waals surface area contributed by atoms with Gasteiger partial charge < -0.3 is 9.26 Å². The highest BCUT2D eigenvalue weighted by molar-refractivity contribution is 9.10. The van der Waals surface area contributed by atoms with Crippen LogP contribution in [-0.2, 0) is 0 Å². The van der Waals surface area contributed by atoms with E-state index in [0.29, 0.717) is 17.2 Å². The van der Waals surface area contributed by atoms with E-state index in [1.807, 2.05) is 18.2 Å². The van der Waals surface area contributed by atoms with E-state index in [1.165, 1.54) is 0 Å². The van der Waals surface area contributed by atoms with Gasteiger partial charge in [-0.3, -0.25) is 0 Å². The summed E-state index contributed by atoms with van der Waals surface area (Å²) in [4.78, 5) is 3.91. The Morgan fingerprint density at radius 2 is 2.27 bits per heavy atom. The number of aromatic nitrogens is 2. The summed E-state index contributed by atoms with van der Waals surface area (Å²) >= 11 is 8.91. The Labute approximate surface area is 99.3 Å². The van der Waals surface area contributed by atoms with Crippen molar-refractivity contribution < 1.29 is 9.26 Å². The monoisotopic (exact) mass is 288 g/mol. The Kier molecular flexibility index (Phi) is 2.93. The molecule has 0 unspecified atom stereocenters. The predicted octanol–water partition coefficient (Wildman–Crippen LogP) is 3.16. The molecule has 0 aliphatic carbocycles. The molecule has 0 amide bonds. The highest BCUT2D eigenvalue weighted by atomic mass is 79.9. The van der Waals surface area contributed by atoms with E-state index in [1.54, 1.807) is 7.11 Å². The summed E-state index contributed by atoms with van der Waals surface area (Å²) in [5.41, 5.74) is 0.708. The lowest BCUT2D eigenvalue weighted by Gasteiger charge is -2.04. The average Bonchev–Trinajstić information content (AvgIpc) is 2.64. The predicted molar refractivity (Wildman–Crippen MR) is 59.0 cm³/mol. The Balaban J connectivity index is 2.52. The van der Waals surface area contributed by atoms with Crippen LogP contribution in [-0.4, -0.2) is 17.3 Å². The number of benzene rings is 1. The van der Waals surface area contributed by atoms with Gasteiger partial charge in [-0.05, 0) is 35.0 Å². The first-order valence-corrected chi connectivity index (χ1v) is 5.21. The van der Waals surface area contributed by atoms with Crippen LogP contribution in [0.15, 0.2) is 27.2 Å². The zero-order valence-corrected chi connectivity index (χ0v) is 10.0. The zero-order chi connectivity index (χ0) is 10.8. The lowest BCUT2D eigenvalue weighted by molar-refractivity contribution is 0.405. The van der Waals surface area contributed by atoms with Crippen LogP contribution >= 0.6 is 27.5 Å². The molecule has 15 heavy (non-hydrogen) atoms. The molecule has 78 valence electrons. The molecule has 0 aliphatic heterocycles. The maximum Gasteiger partial charge on any atom is 0.264 e. The van der Waals surface area contributed by atoms with Crippen LogP contribution in [0.25, 0.3) is 11.5 Å². The number of ether oxygens (including phenoxy) is 1. The number of hydrogen-bond donors (Lipinski definition) is 0. The van der Waals surface area contributed by atoms with E-state index < -0.39 is 0 Å². The highest BCUT2D eigenvalue weighted by Gasteiger charge is 2.12. The van der Waals surface area contributed by atoms with Crippen LogP contribution in [0.1, 0.15) is 0 Å². The van der Waals surface area contributed by atoms with Crippen molar-refractivity contribution in [2.75, 3.05) is 7.11 Å². The van der Waals surface area contributed by atoms with Crippen molar-refractivity contribution >= 4 is 27.5 Å². The molecule has 0 aliphatic rings. The molecule has 0 saturated heterocycles. The summed E-state index contributed by atoms with van der Waals surface area (Å²) in [7, 11) is 1.57. The summed E-state index contributed by atoms with van der Waals surface area (Å²) in [5, 5.41) is 3.58. The summed E-state index contributed by atoms with van der Waals surface area (Å²) in [6, 6.07) is 5.48. The van der Waals surface area contributed by atoms with Gasteiger partial charge >= 0.3 is 0 Å². The van der Waals surface area contributed by atoms with Crippen molar-refractivity contribution in [1.82, 2.24) is 10.1 Å². The number of nitrogens with zero attached hydrogens (tertiary/aromatic N) is 2. The van der Waals surface area contributed by atoms with Gasteiger partial charge in [0, 0.05) is 4.47 Å². The second-order valence-electron chi connectivity index (χ2n) is 2.71. The lowest BCUT2D eigenvalue weighted by atomic mass is 10.2. The lowest BCUT2D eigenvalue weighted by Crippen LogP contribution is -1.87. The Morgan fingerprint density at radius 1 is 1.47 bits per heavy atom. The van der Waals surface area contributed by atoms with E-state index in [4.69, 9.17) is 20.9 Å². The van der Waals surface area contributed by atoms with Gasteiger partial charge in [-0.15, -0.1) is 0 Å². The van der Waals surface area contributed by atoms with Gasteiger partial charge in [0.25, 0.3) is 11.2 Å². The van der Waals surface area contributed by atoms with Crippen LogP contribution in [0, 0.1) is 0 Å². The van der Waals surface area contributed by atoms with Gasteiger partial charge in [0.2, 0.25) is 0 Å². The quantitative estimate of drug-likeness (QED) is 0.852. The molecule has 0 spiro atoms. The molecular formula is C9H6BrClN2O2. The molecule has 6 heteroatoms. The molecular weight excluding hydrogens is 283 g/mol. The number of rotatable bonds is 2. The van der Waals surface area contributed by atoms with Crippen molar-refractivity contribution in [3.63, 3.8) is 0 Å². The minimum atomic E-state index is 0.0787. The van der Waals surface area contributed by atoms with Crippen LogP contribution in [0.3, 0.4) is 0 Å². The van der Waals surface area contributed by atoms with Crippen LogP contribution in [0.2, 0.25) is 5.28 Å². The number of methoxy groups -OCH3 is 1. The minimum absolute atomic E-state index is 0.0787. The molecule has 0 N–H and O–H groups in total. The van der Waals surface area contributed by atoms with Crippen molar-refractivity contribution in [3.8, 4) is 17.2 Å². The largest absolute Gasteiger partial charge is 0.496 e. The summed E-state index contributed by atoms with van der Waals surface area (Å²) in [6.07, 6.45) is 0. The minimum Gasteiger partial charge on any atom is -0.496 e. The number of halogens is 2. The first-order chi connectivity index (χ1) is 7.20. The van der Waals surface area contributed by atoms with Gasteiger partial charge in [-0.1, -0.05) is 15.9 Å². The van der Waals surface area contributed by atoms with E-state index in [-0.39, 0.29) is 5.28 Å². The smallest absolute Gasteiger partial charge is 0.264 e. The van der Waals surface area contributed by atoms with Gasteiger partial charge in [0.05, 0.1) is 12.7 Å². The molecule has 1 heterocycles. The summed E-state index contributed by atoms with van der Waals surface area (Å²) in [5.74, 6) is 0.981. The fourth-order valence-corrected chi connectivity index (χ4v) is 1.61. The maximum atomic E-state index is 5.57. The van der Waals surface area contributed by atoms with Crippen molar-refractivity contribution in [3.05, 3.63) is 28.0 Å². The Hall–Kier alpha value is -1.07. The molecule has 0 radical (unpaired) electrons. The summed E-state index contributed by atoms with van der Waals surface area (Å²) < 4.78 is 11.0. The first-order valence-electron chi connectivity index (χ1n) is 4.04. The summed E-state index contributed by atoms with van der Waals surface area (Å²) in [6.45, 7) is 0. The van der Waals surface area contributed by atoms with Crippen LogP contribution < -0.4 is 4.74 Å². The second-order valence-corrected chi connectivity index (χ2v) is 3.97. The topological polar surface area (TPSA) is 48.2 Å². The third kappa shape index (κ3) is 2.13. The van der Waals surface area contributed by atoms with Crippen molar-refractivity contribution in [2.24, 2.45) is 0 Å². The number of hydrogen-bond acceptors (Lipinski definition) is 4. The molecule has 0 atom stereocenters. The van der Waals surface area contributed by atoms with Crippen molar-refractivity contribution in [2.45, 2.75) is 0 Å². The van der Waals surface area contributed by atoms with Gasteiger partial charge in [-0.2, -0.15) is 4.98 Å². The van der Waals surface area contributed by atoms with Crippen molar-refractivity contribution in [1.29, 1.82) is 0 Å². The van der Waals surface area contributed by atoms with E-state index >= 15 is 0 Å². The maximum absolute atomic E-state index is 5.57. The molecule has 4 nitrogen and oxygen atoms in total. The van der Waals surface area contributed by atoms with Gasteiger partial charge in [0.15, 0.2) is 0 Å². The normalized spacial score (nSPS) is 10.3. The second kappa shape index (κ2) is 4.20. The fourth-order valence-electron chi connectivity index (χ4n) is 1.16. The van der Waals surface area contributed by atoms with Gasteiger partial charge in [0.1, 0.15) is 5.75 Å². The molecule has 0 saturated carbocycles. The Morgan fingerprint density at radius 3 is 2.87 bits per heavy atom. The molecule has 2 rings (SSSR count). The molecule has 1 aromatic heterocycles. The van der Waals surface area contributed by atoms with Gasteiger partial charge in [-0.25, -0.2) is 0 Å².